The lowest BCUT2D eigenvalue weighted by molar-refractivity contribution is -0.357. The maximum atomic E-state index is 14.8. The van der Waals surface area contributed by atoms with Crippen LogP contribution in [0.4, 0.5) is 0 Å². The van der Waals surface area contributed by atoms with Gasteiger partial charge in [0.15, 0.2) is 12.6 Å². The molecule has 0 aromatic carbocycles. The zero-order valence-corrected chi connectivity index (χ0v) is 40.3. The Bertz CT molecular complexity index is 1920. The number of carbonyl (C=O) groups is 2. The van der Waals surface area contributed by atoms with Crippen LogP contribution in [0.2, 0.25) is 0 Å². The summed E-state index contributed by atoms with van der Waals surface area (Å²) in [7, 11) is 1.34. The van der Waals surface area contributed by atoms with Crippen molar-refractivity contribution in [2.24, 2.45) is 50.2 Å². The number of ether oxygens (including phenoxy) is 7. The summed E-state index contributed by atoms with van der Waals surface area (Å²) in [5.41, 5.74) is -3.81. The minimum absolute atomic E-state index is 0.0678. The zero-order valence-electron chi connectivity index (χ0n) is 40.3. The van der Waals surface area contributed by atoms with Crippen molar-refractivity contribution < 1.29 is 104 Å². The first-order valence-electron chi connectivity index (χ1n) is 24.5. The number of allylic oxidation sites excluding steroid dienone is 2. The number of fused-ring (bicyclic) bond motifs is 7. The number of rotatable bonds is 10. The van der Waals surface area contributed by atoms with Gasteiger partial charge in [0, 0.05) is 5.41 Å². The molecule has 4 saturated carbocycles. The lowest BCUT2D eigenvalue weighted by atomic mass is 9.33. The van der Waals surface area contributed by atoms with Gasteiger partial charge in [-0.2, -0.15) is 0 Å². The molecule has 3 saturated heterocycles. The van der Waals surface area contributed by atoms with E-state index in [-0.39, 0.29) is 31.1 Å². The van der Waals surface area contributed by atoms with Crippen LogP contribution < -0.4 is 0 Å². The van der Waals surface area contributed by atoms with Crippen molar-refractivity contribution in [2.75, 3.05) is 33.5 Å². The van der Waals surface area contributed by atoms with E-state index in [0.29, 0.717) is 38.5 Å². The molecule has 21 heteroatoms. The molecular weight excluding hydrogens is 913 g/mol. The molecule has 21 nitrogen and oxygen atoms in total. The average Bonchev–Trinajstić information content (AvgIpc) is 3.32. The van der Waals surface area contributed by atoms with Gasteiger partial charge in [-0.05, 0) is 98.7 Å². The third-order valence-electron chi connectivity index (χ3n) is 19.5. The minimum atomic E-state index is -1.80. The van der Waals surface area contributed by atoms with E-state index < -0.39 is 175 Å². The summed E-state index contributed by atoms with van der Waals surface area (Å²) in [6.07, 6.45) is -18.7. The normalized spacial score (nSPS) is 54.2. The fraction of sp³-hybridized carbons (Fsp3) is 0.917. The maximum absolute atomic E-state index is 14.8. The Balaban J connectivity index is 1.04. The van der Waals surface area contributed by atoms with Crippen LogP contribution in [0.15, 0.2) is 11.6 Å². The largest absolute Gasteiger partial charge is 0.469 e. The molecule has 0 radical (unpaired) electrons. The summed E-state index contributed by atoms with van der Waals surface area (Å²) in [4.78, 5) is 28.3. The van der Waals surface area contributed by atoms with Gasteiger partial charge in [0.25, 0.3) is 0 Å². The van der Waals surface area contributed by atoms with Gasteiger partial charge in [-0.1, -0.05) is 39.3 Å². The molecule has 8 aliphatic rings. The van der Waals surface area contributed by atoms with Gasteiger partial charge in [-0.3, -0.25) is 9.59 Å². The van der Waals surface area contributed by atoms with Gasteiger partial charge in [0.05, 0.1) is 56.6 Å². The average molecular weight is 989 g/mol. The van der Waals surface area contributed by atoms with Crippen molar-refractivity contribution in [3.05, 3.63) is 11.6 Å². The molecule has 69 heavy (non-hydrogen) atoms. The monoisotopic (exact) mass is 988 g/mol. The molecule has 7 fully saturated rings. The standard InChI is InChI=1S/C48H76O21/c1-43(41(61)63-6)11-13-48(42(62)69-40-36(60)33(57)30(54)25(18-50)66-40)14-12-46(4)21(22(48)15-43)7-8-28-44(2)16-23(52)37(45(3,20-51)27(44)9-10-47(28,46)5)68-38-34(58)31(55)26(19-64-38)67-39-35(59)32(56)29(53)24(17-49)65-39/h7,22-40,49-60H,8-20H2,1-6H3/t22-,23?,24?,25?,26?,27?,28-,29?,30?,31?,32?,33?,34?,35?,36?,37?,38?,39?,40?,43-,44+,45+,46-,47-,48+/m1/s1. The van der Waals surface area contributed by atoms with Crippen molar-refractivity contribution >= 4 is 11.9 Å². The highest BCUT2D eigenvalue weighted by Gasteiger charge is 2.72. The molecule has 8 rings (SSSR count). The zero-order chi connectivity index (χ0) is 50.6. The molecular formula is C48H76O21. The smallest absolute Gasteiger partial charge is 0.315 e. The Kier molecular flexibility index (Phi) is 14.7. The maximum Gasteiger partial charge on any atom is 0.315 e. The van der Waals surface area contributed by atoms with Crippen LogP contribution in [0, 0.1) is 50.2 Å². The SMILES string of the molecule is COC(=O)[C@]1(C)CC[C@]2(C(=O)OC3OC(CO)C(O)C(O)C3O)CC[C@]3(C)C(=CC[C@@H]4[C@@]5(C)CC(O)C(OC6OCC(OC7OC(CO)C(O)C(O)C7O)C(O)C6O)[C@@](C)(CO)C5CC[C@]43C)[C@H]2C1. The van der Waals surface area contributed by atoms with Gasteiger partial charge in [-0.25, -0.2) is 0 Å². The third kappa shape index (κ3) is 8.16. The van der Waals surface area contributed by atoms with E-state index >= 15 is 0 Å². The minimum Gasteiger partial charge on any atom is -0.469 e. The summed E-state index contributed by atoms with van der Waals surface area (Å²) >= 11 is 0. The van der Waals surface area contributed by atoms with Crippen molar-refractivity contribution in [3.63, 3.8) is 0 Å². The van der Waals surface area contributed by atoms with E-state index in [4.69, 9.17) is 33.2 Å². The van der Waals surface area contributed by atoms with Crippen LogP contribution >= 0.6 is 0 Å². The van der Waals surface area contributed by atoms with Gasteiger partial charge >= 0.3 is 11.9 Å². The van der Waals surface area contributed by atoms with E-state index in [1.807, 2.05) is 13.8 Å². The summed E-state index contributed by atoms with van der Waals surface area (Å²) in [5, 5.41) is 128. The van der Waals surface area contributed by atoms with Crippen molar-refractivity contribution in [3.8, 4) is 0 Å². The number of hydrogen-bond acceptors (Lipinski definition) is 21. The summed E-state index contributed by atoms with van der Waals surface area (Å²) < 4.78 is 40.3. The summed E-state index contributed by atoms with van der Waals surface area (Å²) in [6.45, 7) is 8.10. The molecule has 12 N–H and O–H groups in total. The van der Waals surface area contributed by atoms with E-state index in [9.17, 15) is 70.9 Å². The molecule has 0 bridgehead atoms. The first kappa shape index (κ1) is 53.3. The molecule has 25 atom stereocenters. The Morgan fingerprint density at radius 3 is 1.87 bits per heavy atom. The summed E-state index contributed by atoms with van der Waals surface area (Å²) in [6, 6.07) is 0. The number of aliphatic hydroxyl groups is 12. The van der Waals surface area contributed by atoms with Crippen molar-refractivity contribution in [1.82, 2.24) is 0 Å². The van der Waals surface area contributed by atoms with E-state index in [1.165, 1.54) is 7.11 Å². The van der Waals surface area contributed by atoms with E-state index in [2.05, 4.69) is 26.8 Å². The molecule has 0 aromatic heterocycles. The lowest BCUT2D eigenvalue weighted by Gasteiger charge is -2.71. The van der Waals surface area contributed by atoms with E-state index in [0.717, 1.165) is 5.57 Å². The second-order valence-electron chi connectivity index (χ2n) is 22.9. The van der Waals surface area contributed by atoms with E-state index in [1.54, 1.807) is 0 Å². The number of esters is 2. The third-order valence-corrected chi connectivity index (χ3v) is 19.5. The Labute approximate surface area is 401 Å². The van der Waals surface area contributed by atoms with Crippen molar-refractivity contribution in [2.45, 2.75) is 191 Å². The van der Waals surface area contributed by atoms with Gasteiger partial charge < -0.3 is 94.4 Å². The van der Waals surface area contributed by atoms with Crippen LogP contribution in [0.1, 0.15) is 92.4 Å². The second kappa shape index (κ2) is 19.0. The van der Waals surface area contributed by atoms with Gasteiger partial charge in [0.1, 0.15) is 67.1 Å². The highest BCUT2D eigenvalue weighted by atomic mass is 16.7. The Morgan fingerprint density at radius 2 is 1.26 bits per heavy atom. The highest BCUT2D eigenvalue weighted by molar-refractivity contribution is 5.81. The van der Waals surface area contributed by atoms with Crippen LogP contribution in [-0.4, -0.2) is 205 Å². The quantitative estimate of drug-likeness (QED) is 0.0632. The number of aliphatic hydroxyl groups excluding tert-OH is 12. The number of methoxy groups -OCH3 is 1. The first-order chi connectivity index (χ1) is 32.4. The lowest BCUT2D eigenvalue weighted by Crippen LogP contribution is -2.69. The molecule has 394 valence electrons. The van der Waals surface area contributed by atoms with Crippen LogP contribution in [0.3, 0.4) is 0 Å². The second-order valence-corrected chi connectivity index (χ2v) is 22.9. The summed E-state index contributed by atoms with van der Waals surface area (Å²) in [5.74, 6) is -1.90. The predicted octanol–water partition coefficient (Wildman–Crippen LogP) is -2.12. The number of carbonyl (C=O) groups excluding carboxylic acids is 2. The topological polar surface area (TPSA) is 342 Å². The van der Waals surface area contributed by atoms with Crippen LogP contribution in [0.5, 0.6) is 0 Å². The highest BCUT2D eigenvalue weighted by Crippen LogP contribution is 2.76. The Hall–Kier alpha value is -2.00. The molecule has 3 aliphatic heterocycles. The Morgan fingerprint density at radius 1 is 0.667 bits per heavy atom. The molecule has 0 spiro atoms. The fourth-order valence-electron chi connectivity index (χ4n) is 15.1. The molecule has 17 unspecified atom stereocenters. The first-order valence-corrected chi connectivity index (χ1v) is 24.5. The molecule has 5 aliphatic carbocycles. The van der Waals surface area contributed by atoms with Gasteiger partial charge in [-0.15, -0.1) is 0 Å². The van der Waals surface area contributed by atoms with Gasteiger partial charge in [0.2, 0.25) is 6.29 Å². The molecule has 0 aromatic rings. The predicted molar refractivity (Wildman–Crippen MR) is 233 cm³/mol. The molecule has 3 heterocycles. The van der Waals surface area contributed by atoms with Crippen LogP contribution in [0.25, 0.3) is 0 Å². The van der Waals surface area contributed by atoms with Crippen LogP contribution in [-0.2, 0) is 42.7 Å². The number of hydrogen-bond donors (Lipinski definition) is 12. The van der Waals surface area contributed by atoms with Crippen molar-refractivity contribution in [1.29, 1.82) is 0 Å². The fourth-order valence-corrected chi connectivity index (χ4v) is 15.1. The molecule has 0 amide bonds.